The van der Waals surface area contributed by atoms with E-state index in [1.807, 2.05) is 18.0 Å². The molecule has 0 radical (unpaired) electrons. The van der Waals surface area contributed by atoms with Crippen LogP contribution in [0.5, 0.6) is 0 Å². The first-order valence-corrected chi connectivity index (χ1v) is 7.57. The molecule has 1 aromatic rings. The van der Waals surface area contributed by atoms with Gasteiger partial charge in [0, 0.05) is 28.7 Å². The lowest BCUT2D eigenvalue weighted by atomic mass is 10.2. The van der Waals surface area contributed by atoms with E-state index in [2.05, 4.69) is 49.9 Å². The molecular weight excluding hydrogens is 242 g/mol. The van der Waals surface area contributed by atoms with Crippen LogP contribution in [0, 0.1) is 6.92 Å². The average molecular weight is 267 g/mol. The SMILES string of the molecule is CCCNCc1cnc(CSC(C)(C)C)nc1C. The molecule has 1 aromatic heterocycles. The lowest BCUT2D eigenvalue weighted by Gasteiger charge is -2.17. The summed E-state index contributed by atoms with van der Waals surface area (Å²) in [5.41, 5.74) is 2.30. The van der Waals surface area contributed by atoms with E-state index in [1.54, 1.807) is 0 Å². The van der Waals surface area contributed by atoms with Crippen molar-refractivity contribution in [3.05, 3.63) is 23.3 Å². The van der Waals surface area contributed by atoms with E-state index >= 15 is 0 Å². The van der Waals surface area contributed by atoms with Crippen LogP contribution in [-0.4, -0.2) is 21.3 Å². The number of aryl methyl sites for hydroxylation is 1. The Labute approximate surface area is 115 Å². The van der Waals surface area contributed by atoms with Gasteiger partial charge in [0.15, 0.2) is 0 Å². The summed E-state index contributed by atoms with van der Waals surface area (Å²) in [6.45, 7) is 12.8. The molecule has 4 heteroatoms. The largest absolute Gasteiger partial charge is 0.313 e. The third kappa shape index (κ3) is 5.83. The van der Waals surface area contributed by atoms with Gasteiger partial charge in [-0.25, -0.2) is 9.97 Å². The summed E-state index contributed by atoms with van der Waals surface area (Å²) in [5.74, 6) is 1.82. The van der Waals surface area contributed by atoms with Crippen LogP contribution in [0.2, 0.25) is 0 Å². The molecule has 0 bridgehead atoms. The first-order valence-electron chi connectivity index (χ1n) is 6.58. The van der Waals surface area contributed by atoms with Crippen molar-refractivity contribution in [2.45, 2.75) is 58.1 Å². The average Bonchev–Trinajstić information content (AvgIpc) is 2.28. The van der Waals surface area contributed by atoms with Gasteiger partial charge in [-0.05, 0) is 19.9 Å². The second-order valence-corrected chi connectivity index (χ2v) is 7.28. The zero-order valence-electron chi connectivity index (χ0n) is 12.2. The van der Waals surface area contributed by atoms with Crippen molar-refractivity contribution in [2.24, 2.45) is 0 Å². The highest BCUT2D eigenvalue weighted by atomic mass is 32.2. The molecule has 0 spiro atoms. The Morgan fingerprint density at radius 2 is 2.06 bits per heavy atom. The fourth-order valence-corrected chi connectivity index (χ4v) is 2.17. The minimum absolute atomic E-state index is 0.263. The van der Waals surface area contributed by atoms with E-state index in [0.29, 0.717) is 0 Å². The van der Waals surface area contributed by atoms with Gasteiger partial charge < -0.3 is 5.32 Å². The Hall–Kier alpha value is -0.610. The normalized spacial score (nSPS) is 11.8. The van der Waals surface area contributed by atoms with E-state index in [-0.39, 0.29) is 4.75 Å². The molecule has 0 amide bonds. The van der Waals surface area contributed by atoms with Gasteiger partial charge in [0.25, 0.3) is 0 Å². The quantitative estimate of drug-likeness (QED) is 0.802. The number of hydrogen-bond acceptors (Lipinski definition) is 4. The monoisotopic (exact) mass is 267 g/mol. The molecular formula is C14H25N3S. The summed E-state index contributed by atoms with van der Waals surface area (Å²) in [6, 6.07) is 0. The van der Waals surface area contributed by atoms with E-state index in [1.165, 1.54) is 5.56 Å². The smallest absolute Gasteiger partial charge is 0.138 e. The lowest BCUT2D eigenvalue weighted by molar-refractivity contribution is 0.667. The van der Waals surface area contributed by atoms with Gasteiger partial charge in [-0.3, -0.25) is 0 Å². The highest BCUT2D eigenvalue weighted by molar-refractivity contribution is 7.99. The minimum Gasteiger partial charge on any atom is -0.313 e. The highest BCUT2D eigenvalue weighted by Crippen LogP contribution is 2.25. The van der Waals surface area contributed by atoms with Crippen LogP contribution < -0.4 is 5.32 Å². The minimum atomic E-state index is 0.263. The molecule has 0 saturated heterocycles. The number of rotatable bonds is 6. The number of nitrogens with zero attached hydrogens (tertiary/aromatic N) is 2. The van der Waals surface area contributed by atoms with Crippen molar-refractivity contribution in [3.63, 3.8) is 0 Å². The van der Waals surface area contributed by atoms with Crippen molar-refractivity contribution in [3.8, 4) is 0 Å². The number of hydrogen-bond donors (Lipinski definition) is 1. The maximum atomic E-state index is 4.58. The first-order chi connectivity index (χ1) is 8.42. The van der Waals surface area contributed by atoms with Gasteiger partial charge in [-0.1, -0.05) is 27.7 Å². The summed E-state index contributed by atoms with van der Waals surface area (Å²) in [7, 11) is 0. The molecule has 0 aromatic carbocycles. The highest BCUT2D eigenvalue weighted by Gasteiger charge is 2.12. The molecule has 1 N–H and O–H groups in total. The fraction of sp³-hybridized carbons (Fsp3) is 0.714. The van der Waals surface area contributed by atoms with Gasteiger partial charge in [0.1, 0.15) is 5.82 Å². The van der Waals surface area contributed by atoms with Crippen LogP contribution >= 0.6 is 11.8 Å². The van der Waals surface area contributed by atoms with E-state index < -0.39 is 0 Å². The van der Waals surface area contributed by atoms with Crippen LogP contribution in [-0.2, 0) is 12.3 Å². The van der Waals surface area contributed by atoms with E-state index in [4.69, 9.17) is 0 Å². The molecule has 0 fully saturated rings. The van der Waals surface area contributed by atoms with Crippen LogP contribution in [0.1, 0.15) is 51.2 Å². The van der Waals surface area contributed by atoms with Crippen molar-refractivity contribution in [1.29, 1.82) is 0 Å². The van der Waals surface area contributed by atoms with Crippen LogP contribution in [0.15, 0.2) is 6.20 Å². The topological polar surface area (TPSA) is 37.8 Å². The number of aromatic nitrogens is 2. The van der Waals surface area contributed by atoms with E-state index in [0.717, 1.165) is 36.8 Å². The molecule has 1 heterocycles. The molecule has 1 rings (SSSR count). The third-order valence-corrected chi connectivity index (χ3v) is 3.78. The Kier molecular flexibility index (Phi) is 6.09. The summed E-state index contributed by atoms with van der Waals surface area (Å²) in [4.78, 5) is 9.03. The zero-order valence-corrected chi connectivity index (χ0v) is 13.0. The predicted octanol–water partition coefficient (Wildman–Crippen LogP) is 3.32. The van der Waals surface area contributed by atoms with Gasteiger partial charge in [0.2, 0.25) is 0 Å². The molecule has 3 nitrogen and oxygen atoms in total. The van der Waals surface area contributed by atoms with Gasteiger partial charge in [-0.2, -0.15) is 0 Å². The van der Waals surface area contributed by atoms with Crippen molar-refractivity contribution in [2.75, 3.05) is 6.54 Å². The summed E-state index contributed by atoms with van der Waals surface area (Å²) < 4.78 is 0.263. The summed E-state index contributed by atoms with van der Waals surface area (Å²) >= 11 is 1.88. The molecule has 18 heavy (non-hydrogen) atoms. The van der Waals surface area contributed by atoms with Crippen molar-refractivity contribution >= 4 is 11.8 Å². The van der Waals surface area contributed by atoms with Crippen molar-refractivity contribution in [1.82, 2.24) is 15.3 Å². The summed E-state index contributed by atoms with van der Waals surface area (Å²) in [5, 5.41) is 3.38. The molecule has 0 unspecified atom stereocenters. The number of nitrogens with one attached hydrogen (secondary N) is 1. The molecule has 102 valence electrons. The lowest BCUT2D eigenvalue weighted by Crippen LogP contribution is -2.16. The Bertz CT molecular complexity index is 372. The standard InChI is InChI=1S/C14H25N3S/c1-6-7-15-8-12-9-16-13(17-11(12)2)10-18-14(3,4)5/h9,15H,6-8,10H2,1-5H3. The Balaban J connectivity index is 2.56. The van der Waals surface area contributed by atoms with Crippen molar-refractivity contribution < 1.29 is 0 Å². The molecule has 0 saturated carbocycles. The maximum absolute atomic E-state index is 4.58. The van der Waals surface area contributed by atoms with Crippen LogP contribution in [0.4, 0.5) is 0 Å². The second kappa shape index (κ2) is 7.10. The molecule has 0 aliphatic rings. The maximum Gasteiger partial charge on any atom is 0.138 e. The number of thioether (sulfide) groups is 1. The molecule has 0 aliphatic heterocycles. The molecule has 0 atom stereocenters. The first kappa shape index (κ1) is 15.4. The van der Waals surface area contributed by atoms with Crippen LogP contribution in [0.3, 0.4) is 0 Å². The van der Waals surface area contributed by atoms with Gasteiger partial charge >= 0.3 is 0 Å². The Morgan fingerprint density at radius 3 is 2.61 bits per heavy atom. The zero-order chi connectivity index (χ0) is 13.6. The predicted molar refractivity (Wildman–Crippen MR) is 79.8 cm³/mol. The van der Waals surface area contributed by atoms with Crippen LogP contribution in [0.25, 0.3) is 0 Å². The third-order valence-electron chi connectivity index (χ3n) is 2.51. The second-order valence-electron chi connectivity index (χ2n) is 5.47. The van der Waals surface area contributed by atoms with Gasteiger partial charge in [0.05, 0.1) is 5.75 Å². The summed E-state index contributed by atoms with van der Waals surface area (Å²) in [6.07, 6.45) is 3.11. The molecule has 0 aliphatic carbocycles. The Morgan fingerprint density at radius 1 is 1.33 bits per heavy atom. The van der Waals surface area contributed by atoms with E-state index in [9.17, 15) is 0 Å². The van der Waals surface area contributed by atoms with Gasteiger partial charge in [-0.15, -0.1) is 11.8 Å². The fourth-order valence-electron chi connectivity index (χ4n) is 1.46.